The van der Waals surface area contributed by atoms with Crippen LogP contribution >= 0.6 is 0 Å². The Kier molecular flexibility index (Phi) is 4.22. The molecule has 2 N–H and O–H groups in total. The molecule has 6 aromatic rings. The Hall–Kier alpha value is -4.53. The summed E-state index contributed by atoms with van der Waals surface area (Å²) in [4.78, 5) is 23.7. The monoisotopic (exact) mass is 435 g/mol. The fourth-order valence-electron chi connectivity index (χ4n) is 3.97. The summed E-state index contributed by atoms with van der Waals surface area (Å²) in [7, 11) is 3.99. The molecule has 0 saturated carbocycles. The zero-order chi connectivity index (χ0) is 22.5. The van der Waals surface area contributed by atoms with Gasteiger partial charge in [0, 0.05) is 43.6 Å². The second kappa shape index (κ2) is 7.27. The first-order valence-corrected chi connectivity index (χ1v) is 10.5. The molecule has 0 radical (unpaired) electrons. The van der Waals surface area contributed by atoms with E-state index in [9.17, 15) is 0 Å². The van der Waals surface area contributed by atoms with Gasteiger partial charge in [-0.3, -0.25) is 14.6 Å². The number of hydrogen-bond donors (Lipinski definition) is 2. The van der Waals surface area contributed by atoms with Gasteiger partial charge in [-0.05, 0) is 37.3 Å². The average Bonchev–Trinajstić information content (AvgIpc) is 3.55. The maximum atomic E-state index is 4.93. The number of imidazole rings is 1. The van der Waals surface area contributed by atoms with Gasteiger partial charge in [0.2, 0.25) is 0 Å². The Morgan fingerprint density at radius 3 is 2.73 bits per heavy atom. The van der Waals surface area contributed by atoms with E-state index in [-0.39, 0.29) is 0 Å². The summed E-state index contributed by atoms with van der Waals surface area (Å²) in [5, 5.41) is 8.65. The number of aryl methyl sites for hydroxylation is 1. The predicted molar refractivity (Wildman–Crippen MR) is 128 cm³/mol. The summed E-state index contributed by atoms with van der Waals surface area (Å²) in [5.41, 5.74) is 8.01. The molecular formula is C24H21N9. The number of aromatic amines is 2. The van der Waals surface area contributed by atoms with Crippen molar-refractivity contribution >= 4 is 27.6 Å². The number of rotatable bonds is 4. The van der Waals surface area contributed by atoms with Crippen molar-refractivity contribution in [1.29, 1.82) is 0 Å². The number of fused-ring (bicyclic) bond motifs is 2. The average molecular weight is 435 g/mol. The summed E-state index contributed by atoms with van der Waals surface area (Å²) >= 11 is 0. The molecule has 6 heterocycles. The van der Waals surface area contributed by atoms with E-state index in [1.54, 1.807) is 12.5 Å². The van der Waals surface area contributed by atoms with Gasteiger partial charge < -0.3 is 9.88 Å². The highest BCUT2D eigenvalue weighted by molar-refractivity contribution is 5.96. The lowest BCUT2D eigenvalue weighted by Gasteiger charge is -2.12. The van der Waals surface area contributed by atoms with Gasteiger partial charge in [-0.15, -0.1) is 0 Å². The fraction of sp³-hybridized carbons (Fsp3) is 0.125. The molecule has 33 heavy (non-hydrogen) atoms. The Balaban J connectivity index is 1.48. The number of H-pyrrole nitrogens is 2. The van der Waals surface area contributed by atoms with Crippen molar-refractivity contribution in [3.05, 3.63) is 67.1 Å². The van der Waals surface area contributed by atoms with E-state index in [0.717, 1.165) is 61.8 Å². The summed E-state index contributed by atoms with van der Waals surface area (Å²) in [6.07, 6.45) is 9.19. The van der Waals surface area contributed by atoms with Gasteiger partial charge in [-0.25, -0.2) is 15.0 Å². The minimum Gasteiger partial charge on any atom is -0.376 e. The third-order valence-corrected chi connectivity index (χ3v) is 5.68. The number of aromatic nitrogens is 8. The molecule has 0 amide bonds. The molecular weight excluding hydrogens is 414 g/mol. The molecule has 162 valence electrons. The van der Waals surface area contributed by atoms with E-state index >= 15 is 0 Å². The van der Waals surface area contributed by atoms with E-state index < -0.39 is 0 Å². The molecule has 0 spiro atoms. The lowest BCUT2D eigenvalue weighted by atomic mass is 10.1. The summed E-state index contributed by atoms with van der Waals surface area (Å²) in [5.74, 6) is 0.815. The van der Waals surface area contributed by atoms with Gasteiger partial charge in [0.15, 0.2) is 0 Å². The van der Waals surface area contributed by atoms with E-state index in [1.807, 2.05) is 67.3 Å². The maximum absolute atomic E-state index is 4.93. The van der Waals surface area contributed by atoms with Crippen molar-refractivity contribution in [1.82, 2.24) is 39.7 Å². The number of pyridine rings is 3. The van der Waals surface area contributed by atoms with Crippen molar-refractivity contribution in [2.45, 2.75) is 6.92 Å². The first-order chi connectivity index (χ1) is 16.1. The molecule has 0 aromatic carbocycles. The van der Waals surface area contributed by atoms with Crippen LogP contribution in [-0.2, 0) is 0 Å². The second-order valence-corrected chi connectivity index (χ2v) is 8.19. The van der Waals surface area contributed by atoms with Crippen LogP contribution in [0, 0.1) is 6.92 Å². The summed E-state index contributed by atoms with van der Waals surface area (Å²) < 4.78 is 1.93. The maximum Gasteiger partial charge on any atom is 0.147 e. The number of anilines is 1. The van der Waals surface area contributed by atoms with Crippen LogP contribution < -0.4 is 4.90 Å². The highest BCUT2D eigenvalue weighted by atomic mass is 15.1. The molecule has 9 nitrogen and oxygen atoms in total. The highest BCUT2D eigenvalue weighted by Gasteiger charge is 2.16. The van der Waals surface area contributed by atoms with Gasteiger partial charge >= 0.3 is 0 Å². The van der Waals surface area contributed by atoms with E-state index in [0.29, 0.717) is 0 Å². The molecule has 6 aromatic heterocycles. The van der Waals surface area contributed by atoms with Crippen LogP contribution in [0.4, 0.5) is 5.69 Å². The minimum absolute atomic E-state index is 0.757. The Labute approximate surface area is 189 Å². The number of nitrogens with one attached hydrogen (secondary N) is 2. The van der Waals surface area contributed by atoms with Crippen LogP contribution in [0.5, 0.6) is 0 Å². The van der Waals surface area contributed by atoms with Crippen LogP contribution in [0.3, 0.4) is 0 Å². The highest BCUT2D eigenvalue weighted by Crippen LogP contribution is 2.31. The zero-order valence-corrected chi connectivity index (χ0v) is 18.4. The van der Waals surface area contributed by atoms with Gasteiger partial charge in [0.05, 0.1) is 40.0 Å². The molecule has 9 heteroatoms. The van der Waals surface area contributed by atoms with Crippen LogP contribution in [0.15, 0.2) is 61.4 Å². The first kappa shape index (κ1) is 19.2. The van der Waals surface area contributed by atoms with E-state index in [1.165, 1.54) is 0 Å². The van der Waals surface area contributed by atoms with Crippen LogP contribution in [0.2, 0.25) is 0 Å². The normalized spacial score (nSPS) is 11.5. The SMILES string of the molecule is Cc1cn(-c2nccc3[nH]c(-c4n[nH]c5ccc(-c6cncc(N(C)C)c6)nc45)cc23)cn1. The number of hydrogen-bond acceptors (Lipinski definition) is 6. The van der Waals surface area contributed by atoms with Gasteiger partial charge in [-0.2, -0.15) is 5.10 Å². The molecule has 0 aliphatic rings. The molecule has 0 bridgehead atoms. The molecule has 0 atom stereocenters. The molecule has 0 saturated heterocycles. The topological polar surface area (TPSA) is 104 Å². The minimum atomic E-state index is 0.757. The van der Waals surface area contributed by atoms with E-state index in [2.05, 4.69) is 42.3 Å². The quantitative estimate of drug-likeness (QED) is 0.432. The van der Waals surface area contributed by atoms with Crippen molar-refractivity contribution in [2.75, 3.05) is 19.0 Å². The summed E-state index contributed by atoms with van der Waals surface area (Å²) in [6.45, 7) is 1.96. The van der Waals surface area contributed by atoms with Crippen molar-refractivity contribution in [3.8, 4) is 28.5 Å². The second-order valence-electron chi connectivity index (χ2n) is 8.19. The van der Waals surface area contributed by atoms with Crippen LogP contribution in [0.25, 0.3) is 50.4 Å². The Bertz CT molecular complexity index is 1620. The smallest absolute Gasteiger partial charge is 0.147 e. The van der Waals surface area contributed by atoms with Crippen molar-refractivity contribution in [3.63, 3.8) is 0 Å². The predicted octanol–water partition coefficient (Wildman–Crippen LogP) is 4.12. The largest absolute Gasteiger partial charge is 0.376 e. The molecule has 6 rings (SSSR count). The molecule has 0 unspecified atom stereocenters. The summed E-state index contributed by atoms with van der Waals surface area (Å²) in [6, 6.07) is 10.1. The first-order valence-electron chi connectivity index (χ1n) is 10.5. The lowest BCUT2D eigenvalue weighted by molar-refractivity contribution is 1.01. The van der Waals surface area contributed by atoms with Crippen molar-refractivity contribution < 1.29 is 0 Å². The zero-order valence-electron chi connectivity index (χ0n) is 18.4. The van der Waals surface area contributed by atoms with Gasteiger partial charge in [0.25, 0.3) is 0 Å². The van der Waals surface area contributed by atoms with Crippen LogP contribution in [0.1, 0.15) is 5.69 Å². The third kappa shape index (κ3) is 3.21. The third-order valence-electron chi connectivity index (χ3n) is 5.68. The van der Waals surface area contributed by atoms with E-state index in [4.69, 9.17) is 4.98 Å². The molecule has 0 aliphatic heterocycles. The van der Waals surface area contributed by atoms with Gasteiger partial charge in [0.1, 0.15) is 23.4 Å². The van der Waals surface area contributed by atoms with Crippen LogP contribution in [-0.4, -0.2) is 53.8 Å². The molecule has 0 fully saturated rings. The molecule has 0 aliphatic carbocycles. The number of nitrogens with zero attached hydrogens (tertiary/aromatic N) is 7. The lowest BCUT2D eigenvalue weighted by Crippen LogP contribution is -2.08. The van der Waals surface area contributed by atoms with Gasteiger partial charge in [-0.1, -0.05) is 0 Å². The Morgan fingerprint density at radius 2 is 1.91 bits per heavy atom. The van der Waals surface area contributed by atoms with Crippen molar-refractivity contribution in [2.24, 2.45) is 0 Å². The Morgan fingerprint density at radius 1 is 1.00 bits per heavy atom. The standard InChI is InChI=1S/C24H21N9/c1-14-12-33(13-27-14)24-17-9-21(28-19(17)6-7-26-24)23-22-20(30-31-23)5-4-18(29-22)15-8-16(32(2)3)11-25-10-15/h4-13,28H,1-3H3,(H,30,31). The fourth-order valence-corrected chi connectivity index (χ4v) is 3.97.